The molecule has 0 saturated carbocycles. The lowest BCUT2D eigenvalue weighted by molar-refractivity contribution is 0.795. The number of fused-ring (bicyclic) bond motifs is 1. The van der Waals surface area contributed by atoms with Crippen LogP contribution in [0, 0.1) is 0 Å². The molecule has 1 aliphatic rings. The van der Waals surface area contributed by atoms with Gasteiger partial charge in [-0.15, -0.1) is 0 Å². The number of anilines is 2. The molecule has 0 aromatic heterocycles. The number of hydrogen-bond acceptors (Lipinski definition) is 2. The van der Waals surface area contributed by atoms with E-state index in [-0.39, 0.29) is 0 Å². The van der Waals surface area contributed by atoms with E-state index >= 15 is 0 Å². The van der Waals surface area contributed by atoms with Gasteiger partial charge in [0.25, 0.3) is 0 Å². The number of hydrogen-bond donors (Lipinski definition) is 2. The molecule has 21 heavy (non-hydrogen) atoms. The summed E-state index contributed by atoms with van der Waals surface area (Å²) < 4.78 is 0. The second-order valence-corrected chi connectivity index (χ2v) is 5.78. The molecular formula is C19H24N2. The zero-order valence-corrected chi connectivity index (χ0v) is 12.8. The van der Waals surface area contributed by atoms with Gasteiger partial charge in [0.15, 0.2) is 0 Å². The van der Waals surface area contributed by atoms with Crippen molar-refractivity contribution in [3.8, 4) is 0 Å². The first-order valence-electron chi connectivity index (χ1n) is 8.04. The van der Waals surface area contributed by atoms with E-state index in [9.17, 15) is 0 Å². The van der Waals surface area contributed by atoms with Crippen LogP contribution in [-0.4, -0.2) is 6.54 Å². The van der Waals surface area contributed by atoms with Crippen LogP contribution in [0.4, 0.5) is 11.4 Å². The molecule has 0 fully saturated rings. The monoisotopic (exact) mass is 280 g/mol. The molecule has 110 valence electrons. The number of para-hydroxylation sites is 1. The minimum absolute atomic E-state index is 0.879. The van der Waals surface area contributed by atoms with Crippen molar-refractivity contribution in [1.29, 1.82) is 0 Å². The Balaban J connectivity index is 1.61. The van der Waals surface area contributed by atoms with Gasteiger partial charge >= 0.3 is 0 Å². The van der Waals surface area contributed by atoms with Crippen molar-refractivity contribution < 1.29 is 0 Å². The lowest BCUT2D eigenvalue weighted by Crippen LogP contribution is -2.03. The quantitative estimate of drug-likeness (QED) is 0.807. The Morgan fingerprint density at radius 2 is 1.95 bits per heavy atom. The summed E-state index contributed by atoms with van der Waals surface area (Å²) in [7, 11) is 0. The molecule has 0 atom stereocenters. The Kier molecular flexibility index (Phi) is 4.44. The third kappa shape index (κ3) is 3.38. The van der Waals surface area contributed by atoms with Crippen molar-refractivity contribution >= 4 is 11.4 Å². The first kappa shape index (κ1) is 14.0. The third-order valence-electron chi connectivity index (χ3n) is 4.19. The smallest absolute Gasteiger partial charge is 0.0424 e. The average Bonchev–Trinajstić information content (AvgIpc) is 3.01. The second kappa shape index (κ2) is 6.66. The molecule has 0 bridgehead atoms. The highest BCUT2D eigenvalue weighted by molar-refractivity contribution is 5.62. The van der Waals surface area contributed by atoms with Crippen molar-refractivity contribution in [3.05, 3.63) is 59.2 Å². The molecule has 2 aromatic carbocycles. The second-order valence-electron chi connectivity index (χ2n) is 5.78. The highest BCUT2D eigenvalue weighted by Crippen LogP contribution is 2.27. The Morgan fingerprint density at radius 1 is 1.10 bits per heavy atom. The summed E-state index contributed by atoms with van der Waals surface area (Å²) in [6.07, 6.45) is 4.86. The maximum Gasteiger partial charge on any atom is 0.0424 e. The Bertz CT molecular complexity index is 587. The standard InChI is InChI=1S/C19H24N2/c1-2-3-5-15-8-10-18(11-9-15)21-14-17-7-4-6-16-12-13-20-19(16)17/h4,6-11,20-21H,2-3,5,12-14H2,1H3. The molecule has 0 unspecified atom stereocenters. The largest absolute Gasteiger partial charge is 0.384 e. The lowest BCUT2D eigenvalue weighted by Gasteiger charge is -2.11. The number of rotatable bonds is 6. The first-order valence-corrected chi connectivity index (χ1v) is 8.04. The highest BCUT2D eigenvalue weighted by atomic mass is 14.9. The van der Waals surface area contributed by atoms with Crippen molar-refractivity contribution in [3.63, 3.8) is 0 Å². The van der Waals surface area contributed by atoms with Gasteiger partial charge in [-0.1, -0.05) is 43.7 Å². The summed E-state index contributed by atoms with van der Waals surface area (Å²) in [5.74, 6) is 0. The van der Waals surface area contributed by atoms with Gasteiger partial charge in [-0.25, -0.2) is 0 Å². The Morgan fingerprint density at radius 3 is 2.76 bits per heavy atom. The number of benzene rings is 2. The average molecular weight is 280 g/mol. The fourth-order valence-electron chi connectivity index (χ4n) is 2.93. The van der Waals surface area contributed by atoms with E-state index in [0.29, 0.717) is 0 Å². The van der Waals surface area contributed by atoms with Crippen LogP contribution in [0.25, 0.3) is 0 Å². The molecule has 0 amide bonds. The van der Waals surface area contributed by atoms with Crippen LogP contribution in [0.5, 0.6) is 0 Å². The van der Waals surface area contributed by atoms with E-state index in [1.807, 2.05) is 0 Å². The minimum Gasteiger partial charge on any atom is -0.384 e. The van der Waals surface area contributed by atoms with Gasteiger partial charge in [-0.05, 0) is 48.1 Å². The molecule has 2 nitrogen and oxygen atoms in total. The van der Waals surface area contributed by atoms with Crippen LogP contribution in [0.2, 0.25) is 0 Å². The predicted octanol–water partition coefficient (Wildman–Crippen LogP) is 4.61. The van der Waals surface area contributed by atoms with Gasteiger partial charge in [0, 0.05) is 24.5 Å². The van der Waals surface area contributed by atoms with E-state index in [4.69, 9.17) is 0 Å². The maximum atomic E-state index is 3.53. The Hall–Kier alpha value is -1.96. The van der Waals surface area contributed by atoms with Gasteiger partial charge in [0.05, 0.1) is 0 Å². The van der Waals surface area contributed by atoms with Crippen LogP contribution in [-0.2, 0) is 19.4 Å². The van der Waals surface area contributed by atoms with Crippen LogP contribution < -0.4 is 10.6 Å². The molecule has 1 aliphatic heterocycles. The van der Waals surface area contributed by atoms with Crippen molar-refractivity contribution in [1.82, 2.24) is 0 Å². The molecule has 2 heteroatoms. The predicted molar refractivity (Wildman–Crippen MR) is 91.0 cm³/mol. The van der Waals surface area contributed by atoms with Crippen LogP contribution in [0.3, 0.4) is 0 Å². The van der Waals surface area contributed by atoms with Crippen molar-refractivity contribution in [2.45, 2.75) is 39.2 Å². The molecule has 0 radical (unpaired) electrons. The fourth-order valence-corrected chi connectivity index (χ4v) is 2.93. The molecule has 2 aromatic rings. The SMILES string of the molecule is CCCCc1ccc(NCc2cccc3c2NCC3)cc1. The summed E-state index contributed by atoms with van der Waals surface area (Å²) in [5.41, 5.74) is 6.78. The molecule has 0 aliphatic carbocycles. The van der Waals surface area contributed by atoms with Gasteiger partial charge < -0.3 is 10.6 Å². The van der Waals surface area contributed by atoms with Crippen LogP contribution >= 0.6 is 0 Å². The maximum absolute atomic E-state index is 3.53. The van der Waals surface area contributed by atoms with Crippen molar-refractivity contribution in [2.24, 2.45) is 0 Å². The fraction of sp³-hybridized carbons (Fsp3) is 0.368. The summed E-state index contributed by atoms with van der Waals surface area (Å²) in [6.45, 7) is 4.19. The Labute approximate surface area is 127 Å². The van der Waals surface area contributed by atoms with Gasteiger partial charge in [0.2, 0.25) is 0 Å². The summed E-state index contributed by atoms with van der Waals surface area (Å²) in [6, 6.07) is 15.5. The highest BCUT2D eigenvalue weighted by Gasteiger charge is 2.12. The number of aryl methyl sites for hydroxylation is 1. The van der Waals surface area contributed by atoms with E-state index in [2.05, 4.69) is 60.0 Å². The summed E-state index contributed by atoms with van der Waals surface area (Å²) in [4.78, 5) is 0. The third-order valence-corrected chi connectivity index (χ3v) is 4.19. The van der Waals surface area contributed by atoms with E-state index in [0.717, 1.165) is 19.5 Å². The molecule has 2 N–H and O–H groups in total. The van der Waals surface area contributed by atoms with E-state index in [1.54, 1.807) is 0 Å². The summed E-state index contributed by atoms with van der Waals surface area (Å²) in [5, 5.41) is 7.03. The van der Waals surface area contributed by atoms with Crippen LogP contribution in [0.15, 0.2) is 42.5 Å². The first-order chi connectivity index (χ1) is 10.4. The molecule has 3 rings (SSSR count). The number of unbranched alkanes of at least 4 members (excludes halogenated alkanes) is 1. The topological polar surface area (TPSA) is 24.1 Å². The lowest BCUT2D eigenvalue weighted by atomic mass is 10.1. The molecular weight excluding hydrogens is 256 g/mol. The number of nitrogens with one attached hydrogen (secondary N) is 2. The van der Waals surface area contributed by atoms with E-state index in [1.165, 1.54) is 47.3 Å². The zero-order chi connectivity index (χ0) is 14.5. The van der Waals surface area contributed by atoms with Gasteiger partial charge in [-0.3, -0.25) is 0 Å². The van der Waals surface area contributed by atoms with Gasteiger partial charge in [0.1, 0.15) is 0 Å². The molecule has 0 saturated heterocycles. The molecule has 1 heterocycles. The summed E-state index contributed by atoms with van der Waals surface area (Å²) >= 11 is 0. The zero-order valence-electron chi connectivity index (χ0n) is 12.8. The minimum atomic E-state index is 0.879. The molecule has 0 spiro atoms. The van der Waals surface area contributed by atoms with Crippen LogP contribution in [0.1, 0.15) is 36.5 Å². The van der Waals surface area contributed by atoms with Gasteiger partial charge in [-0.2, -0.15) is 0 Å². The van der Waals surface area contributed by atoms with Crippen molar-refractivity contribution in [2.75, 3.05) is 17.2 Å². The van der Waals surface area contributed by atoms with E-state index < -0.39 is 0 Å². The normalized spacial score (nSPS) is 12.8.